The molecule has 4 heteroatoms. The van der Waals surface area contributed by atoms with Crippen molar-refractivity contribution in [2.24, 2.45) is 0 Å². The van der Waals surface area contributed by atoms with Gasteiger partial charge < -0.3 is 5.32 Å². The van der Waals surface area contributed by atoms with Crippen LogP contribution in [0.2, 0.25) is 0 Å². The molecule has 1 heterocycles. The van der Waals surface area contributed by atoms with Crippen LogP contribution in [0.3, 0.4) is 0 Å². The van der Waals surface area contributed by atoms with Gasteiger partial charge in [-0.15, -0.1) is 0 Å². The number of benzene rings is 2. The van der Waals surface area contributed by atoms with Crippen molar-refractivity contribution in [1.29, 1.82) is 0 Å². The first-order valence-corrected chi connectivity index (χ1v) is 7.47. The number of carbonyl (C=O) groups excluding carboxylic acids is 2. The summed E-state index contributed by atoms with van der Waals surface area (Å²) in [7, 11) is 0. The van der Waals surface area contributed by atoms with Crippen molar-refractivity contribution in [3.05, 3.63) is 42.0 Å². The van der Waals surface area contributed by atoms with Gasteiger partial charge in [-0.25, -0.2) is 0 Å². The number of nitrogens with one attached hydrogen (secondary N) is 1. The van der Waals surface area contributed by atoms with E-state index >= 15 is 0 Å². The summed E-state index contributed by atoms with van der Waals surface area (Å²) < 4.78 is 0. The maximum atomic E-state index is 12.7. The van der Waals surface area contributed by atoms with Crippen LogP contribution in [0.1, 0.15) is 38.1 Å². The topological polar surface area (TPSA) is 49.4 Å². The number of carbonyl (C=O) groups is 2. The van der Waals surface area contributed by atoms with E-state index in [-0.39, 0.29) is 17.4 Å². The first kappa shape index (κ1) is 14.6. The summed E-state index contributed by atoms with van der Waals surface area (Å²) in [6, 6.07) is 10.9. The molecule has 2 aromatic carbocycles. The maximum absolute atomic E-state index is 12.7. The fourth-order valence-electron chi connectivity index (χ4n) is 2.92. The molecule has 0 aliphatic carbocycles. The van der Waals surface area contributed by atoms with Gasteiger partial charge in [0, 0.05) is 16.5 Å². The number of rotatable bonds is 2. The van der Waals surface area contributed by atoms with E-state index in [4.69, 9.17) is 0 Å². The lowest BCUT2D eigenvalue weighted by Crippen LogP contribution is -2.52. The molecule has 0 radical (unpaired) electrons. The van der Waals surface area contributed by atoms with Crippen LogP contribution < -0.4 is 10.2 Å². The minimum absolute atomic E-state index is 0.108. The predicted octanol–water partition coefficient (Wildman–Crippen LogP) is 3.10. The highest BCUT2D eigenvalue weighted by atomic mass is 16.2. The van der Waals surface area contributed by atoms with Crippen LogP contribution in [-0.2, 0) is 4.79 Å². The summed E-state index contributed by atoms with van der Waals surface area (Å²) in [5.74, 6) is -0.256. The Labute approximate surface area is 130 Å². The van der Waals surface area contributed by atoms with Crippen molar-refractivity contribution in [2.75, 3.05) is 4.90 Å². The van der Waals surface area contributed by atoms with Crippen molar-refractivity contribution in [3.8, 4) is 0 Å². The van der Waals surface area contributed by atoms with Crippen LogP contribution >= 0.6 is 0 Å². The Bertz CT molecular complexity index is 769. The Morgan fingerprint density at radius 1 is 1.14 bits per heavy atom. The average molecular weight is 296 g/mol. The molecule has 2 aromatic rings. The van der Waals surface area contributed by atoms with Crippen molar-refractivity contribution in [3.63, 3.8) is 0 Å². The van der Waals surface area contributed by atoms with Crippen molar-refractivity contribution in [1.82, 2.24) is 5.32 Å². The second-order valence-electron chi connectivity index (χ2n) is 6.77. The Morgan fingerprint density at radius 2 is 1.77 bits per heavy atom. The standard InChI is InChI=1S/C18H20N2O2/c1-11(16(21)19-18(2,3)4)20-14-10-6-8-12-7-5-9-13(15(12)14)17(20)22/h5-11H,1-4H3,(H,19,21)/t11-/m0/s1. The summed E-state index contributed by atoms with van der Waals surface area (Å²) in [5.41, 5.74) is 1.16. The van der Waals surface area contributed by atoms with Gasteiger partial charge in [0.15, 0.2) is 0 Å². The monoisotopic (exact) mass is 296 g/mol. The number of anilines is 1. The lowest BCUT2D eigenvalue weighted by Gasteiger charge is -2.28. The SMILES string of the molecule is C[C@@H](C(=O)NC(C)(C)C)N1C(=O)c2cccc3cccc1c23. The van der Waals surface area contributed by atoms with E-state index in [9.17, 15) is 9.59 Å². The fraction of sp³-hybridized carbons (Fsp3) is 0.333. The van der Waals surface area contributed by atoms with Crippen molar-refractivity contribution in [2.45, 2.75) is 39.3 Å². The van der Waals surface area contributed by atoms with E-state index in [1.54, 1.807) is 11.8 Å². The van der Waals surface area contributed by atoms with Crippen LogP contribution in [0.15, 0.2) is 36.4 Å². The molecule has 0 unspecified atom stereocenters. The van der Waals surface area contributed by atoms with Crippen LogP contribution in [0.5, 0.6) is 0 Å². The molecule has 0 aromatic heterocycles. The number of hydrogen-bond acceptors (Lipinski definition) is 2. The first-order chi connectivity index (χ1) is 10.3. The van der Waals surface area contributed by atoms with Crippen molar-refractivity contribution < 1.29 is 9.59 Å². The smallest absolute Gasteiger partial charge is 0.259 e. The normalized spacial score (nSPS) is 15.3. The van der Waals surface area contributed by atoms with Crippen LogP contribution in [0.4, 0.5) is 5.69 Å². The van der Waals surface area contributed by atoms with Gasteiger partial charge in [0.2, 0.25) is 5.91 Å². The van der Waals surface area contributed by atoms with Gasteiger partial charge >= 0.3 is 0 Å². The molecule has 2 amide bonds. The van der Waals surface area contributed by atoms with Gasteiger partial charge in [-0.05, 0) is 45.2 Å². The minimum atomic E-state index is -0.551. The number of amides is 2. The van der Waals surface area contributed by atoms with Crippen LogP contribution in [0, 0.1) is 0 Å². The molecule has 3 rings (SSSR count). The molecule has 1 aliphatic heterocycles. The molecule has 0 bridgehead atoms. The van der Waals surface area contributed by atoms with Gasteiger partial charge in [0.05, 0.1) is 5.69 Å². The second kappa shape index (κ2) is 4.83. The summed E-state index contributed by atoms with van der Waals surface area (Å²) in [6.07, 6.45) is 0. The highest BCUT2D eigenvalue weighted by molar-refractivity contribution is 6.26. The Kier molecular flexibility index (Phi) is 3.20. The summed E-state index contributed by atoms with van der Waals surface area (Å²) >= 11 is 0. The fourth-order valence-corrected chi connectivity index (χ4v) is 2.92. The van der Waals surface area contributed by atoms with E-state index < -0.39 is 6.04 Å². The third kappa shape index (κ3) is 2.25. The molecule has 1 atom stereocenters. The van der Waals surface area contributed by atoms with Crippen LogP contribution in [0.25, 0.3) is 10.8 Å². The highest BCUT2D eigenvalue weighted by Crippen LogP contribution is 2.38. The quantitative estimate of drug-likeness (QED) is 0.925. The molecule has 4 nitrogen and oxygen atoms in total. The van der Waals surface area contributed by atoms with E-state index in [0.29, 0.717) is 5.56 Å². The van der Waals surface area contributed by atoms with Crippen molar-refractivity contribution >= 4 is 28.3 Å². The lowest BCUT2D eigenvalue weighted by molar-refractivity contribution is -0.123. The molecule has 0 fully saturated rings. The minimum Gasteiger partial charge on any atom is -0.350 e. The zero-order valence-corrected chi connectivity index (χ0v) is 13.3. The van der Waals surface area contributed by atoms with E-state index in [0.717, 1.165) is 16.5 Å². The second-order valence-corrected chi connectivity index (χ2v) is 6.77. The Morgan fingerprint density at radius 3 is 2.41 bits per heavy atom. The Hall–Kier alpha value is -2.36. The zero-order valence-electron chi connectivity index (χ0n) is 13.3. The summed E-state index contributed by atoms with van der Waals surface area (Å²) in [5, 5.41) is 4.90. The average Bonchev–Trinajstić information content (AvgIpc) is 2.72. The zero-order chi connectivity index (χ0) is 16.1. The first-order valence-electron chi connectivity index (χ1n) is 7.47. The van der Waals surface area contributed by atoms with Gasteiger partial charge in [0.1, 0.15) is 6.04 Å². The molecular formula is C18H20N2O2. The molecule has 0 saturated heterocycles. The van der Waals surface area contributed by atoms with E-state index in [1.807, 2.05) is 57.2 Å². The third-order valence-corrected chi connectivity index (χ3v) is 3.86. The van der Waals surface area contributed by atoms with Gasteiger partial charge in [-0.3, -0.25) is 14.5 Å². The molecular weight excluding hydrogens is 276 g/mol. The van der Waals surface area contributed by atoms with E-state index in [2.05, 4.69) is 5.32 Å². The summed E-state index contributed by atoms with van der Waals surface area (Å²) in [4.78, 5) is 26.8. The third-order valence-electron chi connectivity index (χ3n) is 3.86. The Balaban J connectivity index is 2.02. The number of hydrogen-bond donors (Lipinski definition) is 1. The highest BCUT2D eigenvalue weighted by Gasteiger charge is 2.36. The predicted molar refractivity (Wildman–Crippen MR) is 88.1 cm³/mol. The molecule has 114 valence electrons. The molecule has 0 spiro atoms. The largest absolute Gasteiger partial charge is 0.350 e. The number of nitrogens with zero attached hydrogens (tertiary/aromatic N) is 1. The molecule has 1 aliphatic rings. The molecule has 22 heavy (non-hydrogen) atoms. The summed E-state index contributed by atoms with van der Waals surface area (Å²) in [6.45, 7) is 7.56. The van der Waals surface area contributed by atoms with Gasteiger partial charge in [-0.1, -0.05) is 24.3 Å². The maximum Gasteiger partial charge on any atom is 0.259 e. The van der Waals surface area contributed by atoms with Crippen LogP contribution in [-0.4, -0.2) is 23.4 Å². The lowest BCUT2D eigenvalue weighted by atomic mass is 10.1. The van der Waals surface area contributed by atoms with E-state index in [1.165, 1.54) is 0 Å². The molecule has 0 saturated carbocycles. The molecule has 1 N–H and O–H groups in total. The van der Waals surface area contributed by atoms with Gasteiger partial charge in [-0.2, -0.15) is 0 Å². The van der Waals surface area contributed by atoms with Gasteiger partial charge in [0.25, 0.3) is 5.91 Å².